The number of hydrogen-bond donors (Lipinski definition) is 0. The molecule has 0 radical (unpaired) electrons. The summed E-state index contributed by atoms with van der Waals surface area (Å²) in [5, 5.41) is 1.08. The number of halogens is 1. The molecule has 0 N–H and O–H groups in total. The lowest BCUT2D eigenvalue weighted by molar-refractivity contribution is 0.00193. The second-order valence-corrected chi connectivity index (χ2v) is 6.63. The fourth-order valence-electron chi connectivity index (χ4n) is 2.52. The first kappa shape index (κ1) is 16.5. The van der Waals surface area contributed by atoms with Gasteiger partial charge in [-0.05, 0) is 18.8 Å². The van der Waals surface area contributed by atoms with Crippen LogP contribution < -0.4 is 0 Å². The van der Waals surface area contributed by atoms with Crippen molar-refractivity contribution in [2.75, 3.05) is 31.8 Å². The molecule has 0 aliphatic heterocycles. The van der Waals surface area contributed by atoms with Crippen molar-refractivity contribution in [1.29, 1.82) is 0 Å². The predicted molar refractivity (Wildman–Crippen MR) is 80.4 cm³/mol. The first-order valence-corrected chi connectivity index (χ1v) is 8.52. The van der Waals surface area contributed by atoms with E-state index in [4.69, 9.17) is 9.47 Å². The smallest absolute Gasteiger partial charge is 0.0700 e. The van der Waals surface area contributed by atoms with Crippen molar-refractivity contribution >= 4 is 15.9 Å². The third kappa shape index (κ3) is 6.53. The Morgan fingerprint density at radius 1 is 1.00 bits per heavy atom. The monoisotopic (exact) mass is 320 g/mol. The fourth-order valence-corrected chi connectivity index (χ4v) is 3.24. The van der Waals surface area contributed by atoms with Crippen LogP contribution in [0.3, 0.4) is 0 Å². The van der Waals surface area contributed by atoms with E-state index in [1.165, 1.54) is 38.5 Å². The van der Waals surface area contributed by atoms with Gasteiger partial charge in [0.1, 0.15) is 0 Å². The van der Waals surface area contributed by atoms with E-state index in [1.54, 1.807) is 0 Å². The van der Waals surface area contributed by atoms with Gasteiger partial charge in [-0.2, -0.15) is 0 Å². The van der Waals surface area contributed by atoms with Crippen LogP contribution in [-0.2, 0) is 9.47 Å². The maximum Gasteiger partial charge on any atom is 0.0700 e. The van der Waals surface area contributed by atoms with Crippen LogP contribution in [0.1, 0.15) is 52.4 Å². The maximum absolute atomic E-state index is 5.85. The van der Waals surface area contributed by atoms with Crippen molar-refractivity contribution in [3.63, 3.8) is 0 Å². The van der Waals surface area contributed by atoms with Crippen molar-refractivity contribution < 1.29 is 9.47 Å². The largest absolute Gasteiger partial charge is 0.379 e. The summed E-state index contributed by atoms with van der Waals surface area (Å²) in [6.45, 7) is 7.55. The molecule has 1 fully saturated rings. The summed E-state index contributed by atoms with van der Waals surface area (Å²) < 4.78 is 11.4. The fraction of sp³-hybridized carbons (Fsp3) is 1.00. The first-order valence-electron chi connectivity index (χ1n) is 7.40. The minimum Gasteiger partial charge on any atom is -0.379 e. The standard InChI is InChI=1S/C15H29BrO2/c1-14(2)11-17-9-10-18-13-15(12-16)7-5-3-4-6-8-15/h14H,3-13H2,1-2H3. The first-order chi connectivity index (χ1) is 8.68. The quantitative estimate of drug-likeness (QED) is 0.374. The molecule has 1 aliphatic rings. The van der Waals surface area contributed by atoms with Gasteiger partial charge in [-0.1, -0.05) is 55.5 Å². The molecule has 0 unspecified atom stereocenters. The van der Waals surface area contributed by atoms with Crippen molar-refractivity contribution in [3.05, 3.63) is 0 Å². The maximum atomic E-state index is 5.85. The van der Waals surface area contributed by atoms with Gasteiger partial charge in [-0.3, -0.25) is 0 Å². The second-order valence-electron chi connectivity index (χ2n) is 6.07. The molecule has 18 heavy (non-hydrogen) atoms. The van der Waals surface area contributed by atoms with Crippen LogP contribution in [0.5, 0.6) is 0 Å². The van der Waals surface area contributed by atoms with E-state index in [2.05, 4.69) is 29.8 Å². The average molecular weight is 321 g/mol. The SMILES string of the molecule is CC(C)COCCOCC1(CBr)CCCCCC1. The van der Waals surface area contributed by atoms with Gasteiger partial charge in [-0.15, -0.1) is 0 Å². The average Bonchev–Trinajstić information content (AvgIpc) is 2.59. The highest BCUT2D eigenvalue weighted by molar-refractivity contribution is 9.09. The molecule has 0 aromatic carbocycles. The van der Waals surface area contributed by atoms with Crippen molar-refractivity contribution in [1.82, 2.24) is 0 Å². The molecule has 0 bridgehead atoms. The molecule has 1 aliphatic carbocycles. The lowest BCUT2D eigenvalue weighted by Gasteiger charge is -2.30. The highest BCUT2D eigenvalue weighted by atomic mass is 79.9. The Hall–Kier alpha value is 0.400. The normalized spacial score (nSPS) is 20.0. The van der Waals surface area contributed by atoms with Gasteiger partial charge < -0.3 is 9.47 Å². The Bertz CT molecular complexity index is 199. The third-order valence-corrected chi connectivity index (χ3v) is 4.87. The van der Waals surface area contributed by atoms with E-state index in [0.717, 1.165) is 31.8 Å². The number of ether oxygens (including phenoxy) is 2. The van der Waals surface area contributed by atoms with Crippen LogP contribution in [0.25, 0.3) is 0 Å². The van der Waals surface area contributed by atoms with E-state index in [-0.39, 0.29) is 0 Å². The Kier molecular flexibility index (Phi) is 8.53. The molecule has 3 heteroatoms. The van der Waals surface area contributed by atoms with Crippen LogP contribution in [0.4, 0.5) is 0 Å². The summed E-state index contributed by atoms with van der Waals surface area (Å²) >= 11 is 3.69. The molecule has 0 aromatic heterocycles. The van der Waals surface area contributed by atoms with Gasteiger partial charge in [0, 0.05) is 17.4 Å². The van der Waals surface area contributed by atoms with Crippen molar-refractivity contribution in [2.45, 2.75) is 52.4 Å². The summed E-state index contributed by atoms with van der Waals surface area (Å²) in [4.78, 5) is 0. The molecular weight excluding hydrogens is 292 g/mol. The number of rotatable bonds is 8. The van der Waals surface area contributed by atoms with Gasteiger partial charge >= 0.3 is 0 Å². The Morgan fingerprint density at radius 3 is 2.17 bits per heavy atom. The summed E-state index contributed by atoms with van der Waals surface area (Å²) in [6.07, 6.45) is 8.13. The zero-order valence-electron chi connectivity index (χ0n) is 12.0. The van der Waals surface area contributed by atoms with E-state index >= 15 is 0 Å². The molecule has 0 spiro atoms. The highest BCUT2D eigenvalue weighted by Crippen LogP contribution is 2.36. The van der Waals surface area contributed by atoms with E-state index in [1.807, 2.05) is 0 Å². The minimum atomic E-state index is 0.383. The molecule has 1 rings (SSSR count). The van der Waals surface area contributed by atoms with Crippen LogP contribution >= 0.6 is 15.9 Å². The number of alkyl halides is 1. The molecule has 0 heterocycles. The van der Waals surface area contributed by atoms with Gasteiger partial charge in [0.05, 0.1) is 19.8 Å². The Labute approximate surface area is 121 Å². The molecule has 0 saturated heterocycles. The van der Waals surface area contributed by atoms with Crippen LogP contribution in [0.15, 0.2) is 0 Å². The zero-order chi connectivity index (χ0) is 13.3. The van der Waals surface area contributed by atoms with E-state index < -0.39 is 0 Å². The van der Waals surface area contributed by atoms with Gasteiger partial charge in [-0.25, -0.2) is 0 Å². The zero-order valence-corrected chi connectivity index (χ0v) is 13.6. The van der Waals surface area contributed by atoms with Crippen molar-refractivity contribution in [3.8, 4) is 0 Å². The molecule has 0 aromatic rings. The summed E-state index contributed by atoms with van der Waals surface area (Å²) in [5.41, 5.74) is 0.383. The summed E-state index contributed by atoms with van der Waals surface area (Å²) in [5.74, 6) is 0.612. The summed E-state index contributed by atoms with van der Waals surface area (Å²) in [7, 11) is 0. The molecule has 108 valence electrons. The van der Waals surface area contributed by atoms with E-state index in [0.29, 0.717) is 11.3 Å². The second kappa shape index (κ2) is 9.33. The highest BCUT2D eigenvalue weighted by Gasteiger charge is 2.29. The van der Waals surface area contributed by atoms with E-state index in [9.17, 15) is 0 Å². The van der Waals surface area contributed by atoms with Crippen LogP contribution in [-0.4, -0.2) is 31.8 Å². The minimum absolute atomic E-state index is 0.383. The third-order valence-electron chi connectivity index (χ3n) is 3.68. The predicted octanol–water partition coefficient (Wildman–Crippen LogP) is 4.41. The van der Waals surface area contributed by atoms with Gasteiger partial charge in [0.25, 0.3) is 0 Å². The molecule has 1 saturated carbocycles. The molecular formula is C15H29BrO2. The molecule has 0 amide bonds. The Morgan fingerprint density at radius 2 is 1.61 bits per heavy atom. The van der Waals surface area contributed by atoms with Crippen molar-refractivity contribution in [2.24, 2.45) is 11.3 Å². The van der Waals surface area contributed by atoms with Crippen LogP contribution in [0, 0.1) is 11.3 Å². The topological polar surface area (TPSA) is 18.5 Å². The van der Waals surface area contributed by atoms with Crippen LogP contribution in [0.2, 0.25) is 0 Å². The van der Waals surface area contributed by atoms with Gasteiger partial charge in [0.2, 0.25) is 0 Å². The molecule has 0 atom stereocenters. The van der Waals surface area contributed by atoms with Gasteiger partial charge in [0.15, 0.2) is 0 Å². The summed E-state index contributed by atoms with van der Waals surface area (Å²) in [6, 6.07) is 0. The lowest BCUT2D eigenvalue weighted by atomic mass is 9.83. The number of hydrogen-bond acceptors (Lipinski definition) is 2. The molecule has 2 nitrogen and oxygen atoms in total. The Balaban J connectivity index is 2.14. The lowest BCUT2D eigenvalue weighted by Crippen LogP contribution is -2.29.